The van der Waals surface area contributed by atoms with Crippen LogP contribution in [0.2, 0.25) is 0 Å². The standard InChI is InChI=1S/C10H17NO4/c1-3-15-6-9(12)11-4-8(5-11)7(2)10(13)14/h7-8H,3-6H2,1-2H3,(H,13,14). The lowest BCUT2D eigenvalue weighted by atomic mass is 9.87. The van der Waals surface area contributed by atoms with E-state index in [9.17, 15) is 9.59 Å². The Bertz CT molecular complexity index is 248. The Morgan fingerprint density at radius 1 is 1.53 bits per heavy atom. The van der Waals surface area contributed by atoms with Crippen LogP contribution in [0.25, 0.3) is 0 Å². The van der Waals surface area contributed by atoms with Crippen molar-refractivity contribution in [1.82, 2.24) is 4.90 Å². The minimum absolute atomic E-state index is 0.0503. The molecular formula is C10H17NO4. The predicted molar refractivity (Wildman–Crippen MR) is 53.4 cm³/mol. The van der Waals surface area contributed by atoms with Gasteiger partial charge in [-0.25, -0.2) is 0 Å². The van der Waals surface area contributed by atoms with Crippen LogP contribution in [0, 0.1) is 11.8 Å². The summed E-state index contributed by atoms with van der Waals surface area (Å²) in [6.45, 7) is 5.22. The quantitative estimate of drug-likeness (QED) is 0.711. The first kappa shape index (κ1) is 12.0. The number of hydrogen-bond donors (Lipinski definition) is 1. The highest BCUT2D eigenvalue weighted by Crippen LogP contribution is 2.23. The molecule has 0 aromatic heterocycles. The molecule has 5 nitrogen and oxygen atoms in total. The third kappa shape index (κ3) is 2.92. The zero-order valence-electron chi connectivity index (χ0n) is 9.10. The van der Waals surface area contributed by atoms with Gasteiger partial charge >= 0.3 is 5.97 Å². The van der Waals surface area contributed by atoms with Gasteiger partial charge in [-0.2, -0.15) is 0 Å². The van der Waals surface area contributed by atoms with Crippen molar-refractivity contribution in [2.75, 3.05) is 26.3 Å². The summed E-state index contributed by atoms with van der Waals surface area (Å²) in [5.41, 5.74) is 0. The Balaban J connectivity index is 2.25. The van der Waals surface area contributed by atoms with Gasteiger partial charge in [0.1, 0.15) is 6.61 Å². The second-order valence-electron chi connectivity index (χ2n) is 3.82. The lowest BCUT2D eigenvalue weighted by molar-refractivity contribution is -0.152. The summed E-state index contributed by atoms with van der Waals surface area (Å²) in [4.78, 5) is 23.7. The molecule has 0 aromatic carbocycles. The fraction of sp³-hybridized carbons (Fsp3) is 0.800. The van der Waals surface area contributed by atoms with E-state index in [1.54, 1.807) is 11.8 Å². The van der Waals surface area contributed by atoms with Crippen LogP contribution in [0.3, 0.4) is 0 Å². The number of ether oxygens (including phenoxy) is 1. The number of nitrogens with zero attached hydrogens (tertiary/aromatic N) is 1. The van der Waals surface area contributed by atoms with Crippen LogP contribution in [0.1, 0.15) is 13.8 Å². The topological polar surface area (TPSA) is 66.8 Å². The number of likely N-dealkylation sites (tertiary alicyclic amines) is 1. The molecular weight excluding hydrogens is 198 g/mol. The van der Waals surface area contributed by atoms with E-state index in [4.69, 9.17) is 9.84 Å². The molecule has 0 aromatic rings. The third-order valence-electron chi connectivity index (χ3n) is 2.79. The summed E-state index contributed by atoms with van der Waals surface area (Å²) in [7, 11) is 0. The fourth-order valence-corrected chi connectivity index (χ4v) is 1.51. The average molecular weight is 215 g/mol. The van der Waals surface area contributed by atoms with Crippen LogP contribution in [0.5, 0.6) is 0 Å². The molecule has 1 N–H and O–H groups in total. The molecule has 1 rings (SSSR count). The largest absolute Gasteiger partial charge is 0.481 e. The zero-order chi connectivity index (χ0) is 11.4. The molecule has 1 saturated heterocycles. The van der Waals surface area contributed by atoms with Crippen molar-refractivity contribution in [2.45, 2.75) is 13.8 Å². The van der Waals surface area contributed by atoms with E-state index in [1.165, 1.54) is 0 Å². The molecule has 1 fully saturated rings. The van der Waals surface area contributed by atoms with Crippen molar-refractivity contribution in [3.8, 4) is 0 Å². The minimum atomic E-state index is -0.795. The van der Waals surface area contributed by atoms with Crippen molar-refractivity contribution in [3.05, 3.63) is 0 Å². The second kappa shape index (κ2) is 5.11. The molecule has 0 radical (unpaired) electrons. The maximum Gasteiger partial charge on any atom is 0.306 e. The molecule has 15 heavy (non-hydrogen) atoms. The van der Waals surface area contributed by atoms with Gasteiger partial charge in [0.25, 0.3) is 0 Å². The van der Waals surface area contributed by atoms with Crippen molar-refractivity contribution in [3.63, 3.8) is 0 Å². The van der Waals surface area contributed by atoms with E-state index in [1.807, 2.05) is 6.92 Å². The lowest BCUT2D eigenvalue weighted by Crippen LogP contribution is -2.54. The van der Waals surface area contributed by atoms with Crippen LogP contribution in [-0.4, -0.2) is 48.2 Å². The monoisotopic (exact) mass is 215 g/mol. The molecule has 1 aliphatic rings. The summed E-state index contributed by atoms with van der Waals surface area (Å²) in [5.74, 6) is -1.13. The minimum Gasteiger partial charge on any atom is -0.481 e. The summed E-state index contributed by atoms with van der Waals surface area (Å²) < 4.78 is 4.99. The number of rotatable bonds is 5. The fourth-order valence-electron chi connectivity index (χ4n) is 1.51. The number of amides is 1. The molecule has 0 spiro atoms. The maximum absolute atomic E-state index is 11.4. The van der Waals surface area contributed by atoms with E-state index in [-0.39, 0.29) is 24.3 Å². The number of carboxylic acid groups (broad SMARTS) is 1. The number of hydrogen-bond acceptors (Lipinski definition) is 3. The summed E-state index contributed by atoms with van der Waals surface area (Å²) in [5, 5.41) is 8.76. The highest BCUT2D eigenvalue weighted by molar-refractivity contribution is 5.79. The van der Waals surface area contributed by atoms with E-state index in [0.717, 1.165) is 0 Å². The Morgan fingerprint density at radius 2 is 2.13 bits per heavy atom. The van der Waals surface area contributed by atoms with Crippen LogP contribution in [0.15, 0.2) is 0 Å². The lowest BCUT2D eigenvalue weighted by Gasteiger charge is -2.41. The molecule has 5 heteroatoms. The Labute approximate surface area is 89.0 Å². The predicted octanol–water partition coefficient (Wildman–Crippen LogP) is 0.202. The van der Waals surface area contributed by atoms with Crippen molar-refractivity contribution < 1.29 is 19.4 Å². The second-order valence-corrected chi connectivity index (χ2v) is 3.82. The zero-order valence-corrected chi connectivity index (χ0v) is 9.10. The molecule has 1 atom stereocenters. The number of carbonyl (C=O) groups excluding carboxylic acids is 1. The van der Waals surface area contributed by atoms with Crippen molar-refractivity contribution in [1.29, 1.82) is 0 Å². The van der Waals surface area contributed by atoms with Crippen molar-refractivity contribution in [2.24, 2.45) is 11.8 Å². The first-order valence-electron chi connectivity index (χ1n) is 5.14. The molecule has 1 heterocycles. The molecule has 0 aliphatic carbocycles. The highest BCUT2D eigenvalue weighted by Gasteiger charge is 2.36. The number of carboxylic acids is 1. The van der Waals surface area contributed by atoms with E-state index >= 15 is 0 Å². The third-order valence-corrected chi connectivity index (χ3v) is 2.79. The van der Waals surface area contributed by atoms with Gasteiger partial charge in [-0.05, 0) is 6.92 Å². The first-order chi connectivity index (χ1) is 7.06. The van der Waals surface area contributed by atoms with Gasteiger partial charge in [-0.15, -0.1) is 0 Å². The maximum atomic E-state index is 11.4. The normalized spacial score (nSPS) is 18.4. The summed E-state index contributed by atoms with van der Waals surface area (Å²) in [6, 6.07) is 0. The van der Waals surface area contributed by atoms with E-state index in [0.29, 0.717) is 19.7 Å². The molecule has 1 aliphatic heterocycles. The highest BCUT2D eigenvalue weighted by atomic mass is 16.5. The summed E-state index contributed by atoms with van der Waals surface area (Å²) in [6.07, 6.45) is 0. The van der Waals surface area contributed by atoms with Gasteiger partial charge in [0, 0.05) is 25.6 Å². The smallest absolute Gasteiger partial charge is 0.306 e. The van der Waals surface area contributed by atoms with Crippen LogP contribution in [-0.2, 0) is 14.3 Å². The van der Waals surface area contributed by atoms with Gasteiger partial charge in [-0.1, -0.05) is 6.92 Å². The average Bonchev–Trinajstić information content (AvgIpc) is 2.11. The van der Waals surface area contributed by atoms with Gasteiger partial charge in [0.2, 0.25) is 5.91 Å². The van der Waals surface area contributed by atoms with Crippen molar-refractivity contribution >= 4 is 11.9 Å². The van der Waals surface area contributed by atoms with E-state index < -0.39 is 5.97 Å². The Hall–Kier alpha value is -1.10. The van der Waals surface area contributed by atoms with Crippen LogP contribution in [0.4, 0.5) is 0 Å². The summed E-state index contributed by atoms with van der Waals surface area (Å²) >= 11 is 0. The van der Waals surface area contributed by atoms with Gasteiger partial charge in [0.15, 0.2) is 0 Å². The molecule has 0 bridgehead atoms. The number of carbonyl (C=O) groups is 2. The van der Waals surface area contributed by atoms with E-state index in [2.05, 4.69) is 0 Å². The first-order valence-corrected chi connectivity index (χ1v) is 5.14. The Morgan fingerprint density at radius 3 is 2.60 bits per heavy atom. The van der Waals surface area contributed by atoms with Gasteiger partial charge in [-0.3, -0.25) is 9.59 Å². The molecule has 86 valence electrons. The van der Waals surface area contributed by atoms with Crippen LogP contribution >= 0.6 is 0 Å². The SMILES string of the molecule is CCOCC(=O)N1CC(C(C)C(=O)O)C1. The van der Waals surface area contributed by atoms with Gasteiger partial charge in [0.05, 0.1) is 5.92 Å². The van der Waals surface area contributed by atoms with Gasteiger partial charge < -0.3 is 14.7 Å². The number of aliphatic carboxylic acids is 1. The Kier molecular flexibility index (Phi) is 4.08. The molecule has 1 unspecified atom stereocenters. The van der Waals surface area contributed by atoms with Crippen LogP contribution < -0.4 is 0 Å². The molecule has 0 saturated carbocycles. The molecule has 1 amide bonds.